The number of benzene rings is 2. The van der Waals surface area contributed by atoms with E-state index in [0.717, 1.165) is 41.3 Å². The number of carboxylic acids is 1. The highest BCUT2D eigenvalue weighted by molar-refractivity contribution is 6.11. The molecule has 0 bridgehead atoms. The Bertz CT molecular complexity index is 1610. The Morgan fingerprint density at radius 2 is 1.53 bits per heavy atom. The van der Waals surface area contributed by atoms with Crippen LogP contribution in [0.4, 0.5) is 28.2 Å². The number of pyridine rings is 1. The molecule has 0 unspecified atom stereocenters. The Morgan fingerprint density at radius 3 is 2.05 bits per heavy atom. The number of nitrogens with zero attached hydrogens (tertiary/aromatic N) is 2. The second-order valence-corrected chi connectivity index (χ2v) is 11.3. The minimum Gasteiger partial charge on any atom is -0.480 e. The first-order valence-electron chi connectivity index (χ1n) is 13.1. The normalized spacial score (nSPS) is 12.2. The molecular formula is C30H31F4N3O6. The maximum absolute atomic E-state index is 15.5. The Morgan fingerprint density at radius 1 is 0.953 bits per heavy atom. The van der Waals surface area contributed by atoms with Gasteiger partial charge in [0.15, 0.2) is 17.4 Å². The van der Waals surface area contributed by atoms with Crippen LogP contribution in [0.2, 0.25) is 0 Å². The molecule has 3 rings (SSSR count). The lowest BCUT2D eigenvalue weighted by atomic mass is 10.0. The van der Waals surface area contributed by atoms with Gasteiger partial charge >= 0.3 is 12.1 Å². The number of halogens is 4. The molecule has 2 aromatic carbocycles. The van der Waals surface area contributed by atoms with Crippen molar-refractivity contribution in [1.82, 2.24) is 9.47 Å². The SMILES string of the molecule is CC(C)C[C@@H](C(=O)O)N(Cc1cc(F)c(-n2c(N)c(C(=O)c3ccc(F)cc3F)ccc2=O)c(F)c1)C(=O)OC(C)(C)C. The lowest BCUT2D eigenvalue weighted by Crippen LogP contribution is -2.47. The highest BCUT2D eigenvalue weighted by atomic mass is 19.1. The van der Waals surface area contributed by atoms with Crippen LogP contribution in [0.5, 0.6) is 0 Å². The van der Waals surface area contributed by atoms with Crippen LogP contribution >= 0.6 is 0 Å². The molecule has 9 nitrogen and oxygen atoms in total. The summed E-state index contributed by atoms with van der Waals surface area (Å²) in [6.45, 7) is 7.62. The summed E-state index contributed by atoms with van der Waals surface area (Å²) >= 11 is 0. The van der Waals surface area contributed by atoms with Gasteiger partial charge in [-0.25, -0.2) is 27.2 Å². The molecular weight excluding hydrogens is 574 g/mol. The average Bonchev–Trinajstić information content (AvgIpc) is 2.86. The number of aliphatic carboxylic acids is 1. The first kappa shape index (κ1) is 32.8. The summed E-state index contributed by atoms with van der Waals surface area (Å²) in [5, 5.41) is 9.85. The van der Waals surface area contributed by atoms with E-state index in [-0.39, 0.29) is 17.9 Å². The van der Waals surface area contributed by atoms with E-state index < -0.39 is 87.5 Å². The van der Waals surface area contributed by atoms with E-state index in [1.54, 1.807) is 34.6 Å². The van der Waals surface area contributed by atoms with Gasteiger partial charge in [-0.15, -0.1) is 0 Å². The molecule has 0 fully saturated rings. The van der Waals surface area contributed by atoms with Gasteiger partial charge in [0.25, 0.3) is 5.56 Å². The summed E-state index contributed by atoms with van der Waals surface area (Å²) in [7, 11) is 0. The third kappa shape index (κ3) is 7.59. The third-order valence-corrected chi connectivity index (χ3v) is 6.19. The van der Waals surface area contributed by atoms with E-state index in [0.29, 0.717) is 10.6 Å². The molecule has 0 radical (unpaired) electrons. The standard InChI is InChI=1S/C30H31F4N3O6/c1-15(2)10-23(28(40)41)36(29(42)43-30(3,4)5)14-16-11-21(33)25(22(34)12-16)37-24(38)9-8-19(27(37)35)26(39)18-7-6-17(31)13-20(18)32/h6-9,11-13,15,23H,10,14,35H2,1-5H3,(H,40,41)/t23-/m0/s1. The summed E-state index contributed by atoms with van der Waals surface area (Å²) in [6.07, 6.45) is -1.01. The van der Waals surface area contributed by atoms with E-state index in [4.69, 9.17) is 10.5 Å². The number of carbonyl (C=O) groups excluding carboxylic acids is 2. The third-order valence-electron chi connectivity index (χ3n) is 6.19. The van der Waals surface area contributed by atoms with Crippen LogP contribution in [0.3, 0.4) is 0 Å². The number of rotatable bonds is 9. The molecule has 0 aliphatic carbocycles. The van der Waals surface area contributed by atoms with E-state index in [9.17, 15) is 33.1 Å². The lowest BCUT2D eigenvalue weighted by molar-refractivity contribution is -0.144. The number of nitrogens with two attached hydrogens (primary N) is 1. The fourth-order valence-corrected chi connectivity index (χ4v) is 4.35. The number of carbonyl (C=O) groups is 3. The molecule has 0 saturated carbocycles. The van der Waals surface area contributed by atoms with Crippen LogP contribution in [-0.2, 0) is 16.1 Å². The highest BCUT2D eigenvalue weighted by Crippen LogP contribution is 2.27. The average molecular weight is 606 g/mol. The van der Waals surface area contributed by atoms with Crippen LogP contribution < -0.4 is 11.3 Å². The van der Waals surface area contributed by atoms with Gasteiger partial charge in [0.05, 0.1) is 17.7 Å². The second-order valence-electron chi connectivity index (χ2n) is 11.3. The molecule has 1 atom stereocenters. The second kappa shape index (κ2) is 12.7. The molecule has 1 heterocycles. The largest absolute Gasteiger partial charge is 0.480 e. The monoisotopic (exact) mass is 605 g/mol. The Hall–Kier alpha value is -4.68. The van der Waals surface area contributed by atoms with Gasteiger partial charge in [-0.2, -0.15) is 0 Å². The topological polar surface area (TPSA) is 132 Å². The summed E-state index contributed by atoms with van der Waals surface area (Å²) in [4.78, 5) is 51.6. The zero-order valence-electron chi connectivity index (χ0n) is 24.1. The van der Waals surface area contributed by atoms with Crippen molar-refractivity contribution >= 4 is 23.7 Å². The number of hydrogen-bond donors (Lipinski definition) is 2. The van der Waals surface area contributed by atoms with Crippen LogP contribution in [0.1, 0.15) is 62.5 Å². The van der Waals surface area contributed by atoms with Crippen molar-refractivity contribution in [2.45, 2.75) is 59.2 Å². The van der Waals surface area contributed by atoms with Crippen molar-refractivity contribution in [2.75, 3.05) is 5.73 Å². The number of amides is 1. The molecule has 1 aromatic heterocycles. The van der Waals surface area contributed by atoms with Gasteiger partial charge in [-0.3, -0.25) is 19.1 Å². The molecule has 43 heavy (non-hydrogen) atoms. The fraction of sp³-hybridized carbons (Fsp3) is 0.333. The molecule has 3 aromatic rings. The molecule has 13 heteroatoms. The van der Waals surface area contributed by atoms with Crippen LogP contribution in [0.25, 0.3) is 5.69 Å². The smallest absolute Gasteiger partial charge is 0.411 e. The van der Waals surface area contributed by atoms with Crippen molar-refractivity contribution < 1.29 is 41.8 Å². The molecule has 230 valence electrons. The minimum atomic E-state index is -1.39. The first-order valence-corrected chi connectivity index (χ1v) is 13.1. The van der Waals surface area contributed by atoms with Crippen LogP contribution in [0, 0.1) is 29.2 Å². The zero-order chi connectivity index (χ0) is 32.4. The van der Waals surface area contributed by atoms with Gasteiger partial charge in [0, 0.05) is 12.1 Å². The van der Waals surface area contributed by atoms with E-state index >= 15 is 8.78 Å². The van der Waals surface area contributed by atoms with Crippen molar-refractivity contribution in [3.63, 3.8) is 0 Å². The highest BCUT2D eigenvalue weighted by Gasteiger charge is 2.34. The minimum absolute atomic E-state index is 0.0129. The van der Waals surface area contributed by atoms with E-state index in [2.05, 4.69) is 0 Å². The van der Waals surface area contributed by atoms with Gasteiger partial charge < -0.3 is 15.6 Å². The summed E-state index contributed by atoms with van der Waals surface area (Å²) in [6, 6.07) is 4.07. The van der Waals surface area contributed by atoms with Crippen molar-refractivity contribution in [3.05, 3.63) is 92.8 Å². The first-order chi connectivity index (χ1) is 19.9. The predicted octanol–water partition coefficient (Wildman–Crippen LogP) is 5.44. The van der Waals surface area contributed by atoms with Crippen molar-refractivity contribution in [1.29, 1.82) is 0 Å². The lowest BCUT2D eigenvalue weighted by Gasteiger charge is -2.32. The van der Waals surface area contributed by atoms with Gasteiger partial charge in [0.2, 0.25) is 0 Å². The number of ether oxygens (including phenoxy) is 1. The predicted molar refractivity (Wildman–Crippen MR) is 149 cm³/mol. The molecule has 0 aliphatic rings. The summed E-state index contributed by atoms with van der Waals surface area (Å²) in [5.74, 6) is -8.13. The summed E-state index contributed by atoms with van der Waals surface area (Å²) < 4.78 is 64.4. The van der Waals surface area contributed by atoms with Crippen molar-refractivity contribution in [3.8, 4) is 5.69 Å². The molecule has 3 N–H and O–H groups in total. The zero-order valence-corrected chi connectivity index (χ0v) is 24.1. The number of anilines is 1. The molecule has 1 amide bonds. The van der Waals surface area contributed by atoms with E-state index in [1.165, 1.54) is 0 Å². The Balaban J connectivity index is 2.09. The number of carboxylic acid groups (broad SMARTS) is 1. The Kier molecular flexibility index (Phi) is 9.68. The fourth-order valence-electron chi connectivity index (χ4n) is 4.35. The van der Waals surface area contributed by atoms with Crippen LogP contribution in [-0.4, -0.2) is 44.1 Å². The number of nitrogen functional groups attached to an aromatic ring is 1. The van der Waals surface area contributed by atoms with Crippen LogP contribution in [0.15, 0.2) is 47.3 Å². The quantitative estimate of drug-likeness (QED) is 0.245. The van der Waals surface area contributed by atoms with Gasteiger partial charge in [-0.1, -0.05) is 13.8 Å². The number of ketones is 1. The molecule has 0 saturated heterocycles. The maximum atomic E-state index is 15.5. The molecule has 0 aliphatic heterocycles. The number of aromatic nitrogens is 1. The van der Waals surface area contributed by atoms with Crippen molar-refractivity contribution in [2.24, 2.45) is 5.92 Å². The maximum Gasteiger partial charge on any atom is 0.411 e. The van der Waals surface area contributed by atoms with Gasteiger partial charge in [0.1, 0.15) is 34.8 Å². The molecule has 0 spiro atoms. The van der Waals surface area contributed by atoms with Gasteiger partial charge in [-0.05, 0) is 69.0 Å². The number of hydrogen-bond acceptors (Lipinski definition) is 6. The Labute approximate surface area is 244 Å². The van der Waals surface area contributed by atoms with E-state index in [1.807, 2.05) is 0 Å². The summed E-state index contributed by atoms with van der Waals surface area (Å²) in [5.41, 5.74) is 1.73.